The summed E-state index contributed by atoms with van der Waals surface area (Å²) in [5.41, 5.74) is 4.97. The number of carbonyl (C=O) groups is 1. The highest BCUT2D eigenvalue weighted by molar-refractivity contribution is 5.84. The Morgan fingerprint density at radius 1 is 1.53 bits per heavy atom. The fourth-order valence-electron chi connectivity index (χ4n) is 2.52. The minimum absolute atomic E-state index is 0.246. The fourth-order valence-corrected chi connectivity index (χ4v) is 2.52. The third-order valence-corrected chi connectivity index (χ3v) is 4.21. The average Bonchev–Trinajstić information content (AvgIpc) is 2.82. The van der Waals surface area contributed by atoms with Gasteiger partial charge < -0.3 is 20.9 Å². The van der Waals surface area contributed by atoms with Crippen LogP contribution in [-0.2, 0) is 4.79 Å². The van der Waals surface area contributed by atoms with Gasteiger partial charge in [0.2, 0.25) is 5.91 Å². The number of likely N-dealkylation sites (N-methyl/N-ethyl adjacent to an activating group) is 1. The van der Waals surface area contributed by atoms with Gasteiger partial charge in [-0.3, -0.25) is 4.79 Å². The van der Waals surface area contributed by atoms with E-state index in [-0.39, 0.29) is 5.91 Å². The van der Waals surface area contributed by atoms with E-state index in [4.69, 9.17) is 5.73 Å². The van der Waals surface area contributed by atoms with Crippen LogP contribution in [0.3, 0.4) is 0 Å². The summed E-state index contributed by atoms with van der Waals surface area (Å²) in [6.45, 7) is 7.99. The second kappa shape index (κ2) is 7.22. The number of hydrogen-bond donors (Lipinski definition) is 2. The Bertz CT molecular complexity index is 295. The molecule has 1 fully saturated rings. The van der Waals surface area contributed by atoms with Gasteiger partial charge >= 0.3 is 0 Å². The van der Waals surface area contributed by atoms with E-state index in [1.165, 1.54) is 6.42 Å². The van der Waals surface area contributed by atoms with E-state index in [0.717, 1.165) is 39.0 Å². The number of carbonyl (C=O) groups excluding carboxylic acids is 1. The first-order valence-electron chi connectivity index (χ1n) is 7.32. The smallest absolute Gasteiger partial charge is 0.237 e. The van der Waals surface area contributed by atoms with Gasteiger partial charge in [-0.15, -0.1) is 0 Å². The molecule has 1 aliphatic heterocycles. The van der Waals surface area contributed by atoms with Gasteiger partial charge in [0.15, 0.2) is 0 Å². The molecule has 0 aliphatic carbocycles. The third-order valence-electron chi connectivity index (χ3n) is 4.21. The predicted octanol–water partition coefficient (Wildman–Crippen LogP) is 0.256. The Hall–Kier alpha value is -0.650. The number of rotatable bonds is 8. The van der Waals surface area contributed by atoms with E-state index in [1.54, 1.807) is 0 Å². The zero-order chi connectivity index (χ0) is 14.5. The van der Waals surface area contributed by atoms with Crippen LogP contribution < -0.4 is 11.1 Å². The van der Waals surface area contributed by atoms with Gasteiger partial charge in [-0.25, -0.2) is 0 Å². The minimum atomic E-state index is -0.577. The summed E-state index contributed by atoms with van der Waals surface area (Å²) in [5.74, 6) is -0.246. The highest BCUT2D eigenvalue weighted by Gasteiger charge is 2.32. The molecule has 2 unspecified atom stereocenters. The van der Waals surface area contributed by atoms with Crippen molar-refractivity contribution < 1.29 is 4.79 Å². The molecular weight excluding hydrogens is 240 g/mol. The maximum absolute atomic E-state index is 11.6. The number of nitrogens with one attached hydrogen (secondary N) is 1. The number of nitrogens with two attached hydrogens (primary N) is 1. The monoisotopic (exact) mass is 270 g/mol. The number of likely N-dealkylation sites (tertiary alicyclic amines) is 1. The molecule has 0 aromatic rings. The van der Waals surface area contributed by atoms with E-state index in [1.807, 2.05) is 6.92 Å². The summed E-state index contributed by atoms with van der Waals surface area (Å²) >= 11 is 0. The van der Waals surface area contributed by atoms with Gasteiger partial charge in [0, 0.05) is 19.1 Å². The van der Waals surface area contributed by atoms with Crippen LogP contribution in [0.4, 0.5) is 0 Å². The number of hydrogen-bond acceptors (Lipinski definition) is 4. The van der Waals surface area contributed by atoms with Crippen molar-refractivity contribution in [3.05, 3.63) is 0 Å². The number of primary amides is 1. The first-order chi connectivity index (χ1) is 8.89. The second-order valence-electron chi connectivity index (χ2n) is 6.08. The van der Waals surface area contributed by atoms with E-state index in [0.29, 0.717) is 6.04 Å². The first kappa shape index (κ1) is 16.4. The normalized spacial score (nSPS) is 23.7. The molecule has 0 bridgehead atoms. The Morgan fingerprint density at radius 3 is 2.68 bits per heavy atom. The Kier molecular flexibility index (Phi) is 6.23. The molecular formula is C14H30N4O. The summed E-state index contributed by atoms with van der Waals surface area (Å²) < 4.78 is 0. The Balaban J connectivity index is 2.42. The van der Waals surface area contributed by atoms with Crippen LogP contribution in [0.5, 0.6) is 0 Å². The summed E-state index contributed by atoms with van der Waals surface area (Å²) in [6, 6.07) is 0.642. The van der Waals surface area contributed by atoms with Crippen molar-refractivity contribution in [2.75, 3.05) is 40.3 Å². The van der Waals surface area contributed by atoms with Gasteiger partial charge in [0.1, 0.15) is 0 Å². The van der Waals surface area contributed by atoms with Crippen molar-refractivity contribution in [3.63, 3.8) is 0 Å². The molecule has 5 heteroatoms. The minimum Gasteiger partial charge on any atom is -0.368 e. The van der Waals surface area contributed by atoms with E-state index in [9.17, 15) is 4.79 Å². The third kappa shape index (κ3) is 4.75. The molecule has 1 aliphatic rings. The summed E-state index contributed by atoms with van der Waals surface area (Å²) in [4.78, 5) is 16.3. The second-order valence-corrected chi connectivity index (χ2v) is 6.08. The fraction of sp³-hybridized carbons (Fsp3) is 0.929. The Morgan fingerprint density at radius 2 is 2.21 bits per heavy atom. The number of amides is 1. The van der Waals surface area contributed by atoms with Crippen molar-refractivity contribution in [2.45, 2.75) is 44.7 Å². The van der Waals surface area contributed by atoms with Crippen LogP contribution in [0.1, 0.15) is 33.1 Å². The summed E-state index contributed by atoms with van der Waals surface area (Å²) in [6.07, 6.45) is 3.00. The van der Waals surface area contributed by atoms with Crippen molar-refractivity contribution in [2.24, 2.45) is 5.73 Å². The SMILES string of the molecule is CCCNC(C)(CCN1CCC(N(C)C)C1)C(N)=O. The summed E-state index contributed by atoms with van der Waals surface area (Å²) in [5, 5.41) is 3.29. The van der Waals surface area contributed by atoms with Gasteiger partial charge in [-0.2, -0.15) is 0 Å². The van der Waals surface area contributed by atoms with Crippen molar-refractivity contribution >= 4 is 5.91 Å². The van der Waals surface area contributed by atoms with Crippen molar-refractivity contribution in [1.82, 2.24) is 15.1 Å². The van der Waals surface area contributed by atoms with Gasteiger partial charge in [-0.05, 0) is 53.4 Å². The topological polar surface area (TPSA) is 61.6 Å². The molecule has 1 heterocycles. The van der Waals surface area contributed by atoms with E-state index >= 15 is 0 Å². The van der Waals surface area contributed by atoms with Crippen LogP contribution in [0.2, 0.25) is 0 Å². The van der Waals surface area contributed by atoms with Crippen molar-refractivity contribution in [3.8, 4) is 0 Å². The molecule has 0 aromatic heterocycles. The van der Waals surface area contributed by atoms with Gasteiger partial charge in [0.05, 0.1) is 5.54 Å². The molecule has 0 radical (unpaired) electrons. The van der Waals surface area contributed by atoms with Crippen molar-refractivity contribution in [1.29, 1.82) is 0 Å². The highest BCUT2D eigenvalue weighted by atomic mass is 16.1. The average molecular weight is 270 g/mol. The lowest BCUT2D eigenvalue weighted by molar-refractivity contribution is -0.124. The quantitative estimate of drug-likeness (QED) is 0.664. The molecule has 0 spiro atoms. The van der Waals surface area contributed by atoms with E-state index in [2.05, 4.69) is 36.1 Å². The largest absolute Gasteiger partial charge is 0.368 e. The van der Waals surface area contributed by atoms with Crippen LogP contribution in [-0.4, -0.2) is 67.6 Å². The maximum Gasteiger partial charge on any atom is 0.237 e. The predicted molar refractivity (Wildman–Crippen MR) is 79.0 cm³/mol. The molecule has 2 atom stereocenters. The molecule has 19 heavy (non-hydrogen) atoms. The van der Waals surface area contributed by atoms with Crippen LogP contribution in [0, 0.1) is 0 Å². The molecule has 1 rings (SSSR count). The molecule has 0 saturated carbocycles. The van der Waals surface area contributed by atoms with Crippen LogP contribution in [0.15, 0.2) is 0 Å². The molecule has 1 saturated heterocycles. The Labute approximate surface area is 117 Å². The number of nitrogens with zero attached hydrogens (tertiary/aromatic N) is 2. The maximum atomic E-state index is 11.6. The lowest BCUT2D eigenvalue weighted by Gasteiger charge is -2.30. The molecule has 112 valence electrons. The van der Waals surface area contributed by atoms with Crippen LogP contribution >= 0.6 is 0 Å². The zero-order valence-corrected chi connectivity index (χ0v) is 12.9. The zero-order valence-electron chi connectivity index (χ0n) is 12.9. The van der Waals surface area contributed by atoms with E-state index < -0.39 is 5.54 Å². The van der Waals surface area contributed by atoms with Gasteiger partial charge in [-0.1, -0.05) is 6.92 Å². The molecule has 1 amide bonds. The lowest BCUT2D eigenvalue weighted by atomic mass is 9.96. The molecule has 0 aromatic carbocycles. The molecule has 5 nitrogen and oxygen atoms in total. The standard InChI is InChI=1S/C14H30N4O/c1-5-8-16-14(2,13(15)19)7-10-18-9-6-12(11-18)17(3)4/h12,16H,5-11H2,1-4H3,(H2,15,19). The first-order valence-corrected chi connectivity index (χ1v) is 7.32. The van der Waals surface area contributed by atoms with Crippen LogP contribution in [0.25, 0.3) is 0 Å². The summed E-state index contributed by atoms with van der Waals surface area (Å²) in [7, 11) is 4.26. The highest BCUT2D eigenvalue weighted by Crippen LogP contribution is 2.16. The van der Waals surface area contributed by atoms with Gasteiger partial charge in [0.25, 0.3) is 0 Å². The lowest BCUT2D eigenvalue weighted by Crippen LogP contribution is -2.54. The molecule has 3 N–H and O–H groups in total.